The summed E-state index contributed by atoms with van der Waals surface area (Å²) in [5.74, 6) is 0.311. The van der Waals surface area contributed by atoms with Crippen molar-refractivity contribution in [3.05, 3.63) is 29.3 Å². The van der Waals surface area contributed by atoms with Gasteiger partial charge < -0.3 is 5.32 Å². The largest absolute Gasteiger partial charge is 0.353 e. The molecule has 124 valence electrons. The van der Waals surface area contributed by atoms with Crippen molar-refractivity contribution in [1.29, 1.82) is 0 Å². The lowest BCUT2D eigenvalue weighted by Crippen LogP contribution is -2.33. The van der Waals surface area contributed by atoms with E-state index in [-0.39, 0.29) is 11.9 Å². The number of tetrazole rings is 1. The van der Waals surface area contributed by atoms with Crippen molar-refractivity contribution >= 4 is 17.7 Å². The van der Waals surface area contributed by atoms with Crippen LogP contribution >= 0.6 is 11.8 Å². The normalized spacial score (nSPS) is 12.2. The average Bonchev–Trinajstić information content (AvgIpc) is 2.96. The summed E-state index contributed by atoms with van der Waals surface area (Å²) >= 11 is 1.35. The Hall–Kier alpha value is -1.89. The second-order valence-corrected chi connectivity index (χ2v) is 6.58. The Bertz CT molecular complexity index is 670. The topological polar surface area (TPSA) is 72.7 Å². The molecule has 6 nitrogen and oxygen atoms in total. The van der Waals surface area contributed by atoms with Gasteiger partial charge in [0.2, 0.25) is 11.1 Å². The molecule has 2 rings (SSSR count). The van der Waals surface area contributed by atoms with Gasteiger partial charge in [-0.3, -0.25) is 4.79 Å². The molecule has 1 heterocycles. The Balaban J connectivity index is 2.04. The van der Waals surface area contributed by atoms with Crippen LogP contribution in [0.2, 0.25) is 0 Å². The van der Waals surface area contributed by atoms with Gasteiger partial charge in [-0.1, -0.05) is 37.2 Å². The third kappa shape index (κ3) is 4.54. The van der Waals surface area contributed by atoms with Crippen molar-refractivity contribution < 1.29 is 4.79 Å². The maximum absolute atomic E-state index is 12.0. The number of amides is 1. The van der Waals surface area contributed by atoms with Crippen LogP contribution in [0.5, 0.6) is 0 Å². The van der Waals surface area contributed by atoms with Crippen LogP contribution in [0.4, 0.5) is 0 Å². The van der Waals surface area contributed by atoms with Crippen molar-refractivity contribution in [3.8, 4) is 5.69 Å². The highest BCUT2D eigenvalue weighted by Crippen LogP contribution is 2.22. The van der Waals surface area contributed by atoms with Crippen LogP contribution in [0.15, 0.2) is 23.4 Å². The first-order valence-corrected chi connectivity index (χ1v) is 8.78. The lowest BCUT2D eigenvalue weighted by molar-refractivity contribution is -0.119. The molecule has 1 N–H and O–H groups in total. The van der Waals surface area contributed by atoms with Gasteiger partial charge in [-0.15, -0.1) is 5.10 Å². The zero-order valence-electron chi connectivity index (χ0n) is 14.0. The summed E-state index contributed by atoms with van der Waals surface area (Å²) in [6.07, 6.45) is 2.04. The average molecular weight is 333 g/mol. The van der Waals surface area contributed by atoms with Crippen molar-refractivity contribution in [2.24, 2.45) is 0 Å². The molecule has 0 aliphatic rings. The number of carbonyl (C=O) groups excluding carboxylic acids is 1. The van der Waals surface area contributed by atoms with Crippen molar-refractivity contribution in [3.63, 3.8) is 0 Å². The Kier molecular flexibility index (Phi) is 6.15. The van der Waals surface area contributed by atoms with Gasteiger partial charge in [-0.2, -0.15) is 4.68 Å². The summed E-state index contributed by atoms with van der Waals surface area (Å²) in [5.41, 5.74) is 3.25. The number of aryl methyl sites for hydroxylation is 1. The van der Waals surface area contributed by atoms with Crippen LogP contribution < -0.4 is 5.32 Å². The molecule has 0 aliphatic carbocycles. The fraction of sp³-hybridized carbons (Fsp3) is 0.500. The third-order valence-electron chi connectivity index (χ3n) is 3.71. The summed E-state index contributed by atoms with van der Waals surface area (Å²) in [7, 11) is 0. The zero-order valence-corrected chi connectivity index (χ0v) is 14.9. The first-order chi connectivity index (χ1) is 11.0. The minimum absolute atomic E-state index is 0.00599. The highest BCUT2D eigenvalue weighted by Gasteiger charge is 2.14. The van der Waals surface area contributed by atoms with E-state index in [1.807, 2.05) is 26.0 Å². The fourth-order valence-corrected chi connectivity index (χ4v) is 3.03. The minimum Gasteiger partial charge on any atom is -0.353 e. The van der Waals surface area contributed by atoms with Gasteiger partial charge in [-0.05, 0) is 54.8 Å². The number of benzene rings is 1. The van der Waals surface area contributed by atoms with Gasteiger partial charge in [0.15, 0.2) is 0 Å². The molecule has 23 heavy (non-hydrogen) atoms. The molecule has 0 aliphatic heterocycles. The van der Waals surface area contributed by atoms with Crippen LogP contribution in [0.25, 0.3) is 5.69 Å². The molecule has 1 aromatic carbocycles. The number of thioether (sulfide) groups is 1. The van der Waals surface area contributed by atoms with Gasteiger partial charge in [0.25, 0.3) is 0 Å². The number of nitrogens with zero attached hydrogens (tertiary/aromatic N) is 4. The lowest BCUT2D eigenvalue weighted by Gasteiger charge is -2.12. The maximum atomic E-state index is 12.0. The van der Waals surface area contributed by atoms with E-state index in [1.165, 1.54) is 17.3 Å². The van der Waals surface area contributed by atoms with E-state index in [1.54, 1.807) is 4.68 Å². The quantitative estimate of drug-likeness (QED) is 0.789. The summed E-state index contributed by atoms with van der Waals surface area (Å²) in [4.78, 5) is 12.0. The summed E-state index contributed by atoms with van der Waals surface area (Å²) in [6.45, 7) is 8.22. The molecule has 0 bridgehead atoms. The van der Waals surface area contributed by atoms with E-state index in [9.17, 15) is 4.79 Å². The molecule has 0 fully saturated rings. The minimum atomic E-state index is 0.00599. The predicted octanol–water partition coefficient (Wildman–Crippen LogP) is 2.68. The standard InChI is InChI=1S/C16H23N5OS/c1-5-7-12(3)17-15(22)10-23-16-18-19-20-21(16)14-9-6-8-11(2)13(14)4/h6,8-9,12H,5,7,10H2,1-4H3,(H,17,22)/t12-/m0/s1. The molecular weight excluding hydrogens is 310 g/mol. The Labute approximate surface area is 141 Å². The number of hydrogen-bond donors (Lipinski definition) is 1. The number of nitrogens with one attached hydrogen (secondary N) is 1. The number of rotatable bonds is 7. The molecule has 1 atom stereocenters. The molecule has 0 saturated heterocycles. The van der Waals surface area contributed by atoms with Crippen molar-refractivity contribution in [1.82, 2.24) is 25.5 Å². The van der Waals surface area contributed by atoms with Gasteiger partial charge >= 0.3 is 0 Å². The lowest BCUT2D eigenvalue weighted by atomic mass is 10.1. The van der Waals surface area contributed by atoms with E-state index >= 15 is 0 Å². The van der Waals surface area contributed by atoms with Crippen LogP contribution in [0, 0.1) is 13.8 Å². The molecule has 2 aromatic rings. The molecule has 0 radical (unpaired) electrons. The number of carbonyl (C=O) groups is 1. The Morgan fingerprint density at radius 2 is 2.17 bits per heavy atom. The first-order valence-electron chi connectivity index (χ1n) is 7.80. The molecule has 7 heteroatoms. The monoisotopic (exact) mass is 333 g/mol. The SMILES string of the molecule is CCC[C@H](C)NC(=O)CSc1nnnn1-c1cccc(C)c1C. The van der Waals surface area contributed by atoms with Gasteiger partial charge in [0.1, 0.15) is 0 Å². The van der Waals surface area contributed by atoms with Gasteiger partial charge in [-0.25, -0.2) is 0 Å². The van der Waals surface area contributed by atoms with E-state index in [2.05, 4.69) is 40.8 Å². The molecule has 0 unspecified atom stereocenters. The summed E-state index contributed by atoms with van der Waals surface area (Å²) < 4.78 is 1.69. The van der Waals surface area contributed by atoms with E-state index in [0.717, 1.165) is 24.1 Å². The van der Waals surface area contributed by atoms with Crippen molar-refractivity contribution in [2.45, 2.75) is 51.7 Å². The second-order valence-electron chi connectivity index (χ2n) is 5.64. The Morgan fingerprint density at radius 3 is 2.91 bits per heavy atom. The Morgan fingerprint density at radius 1 is 1.39 bits per heavy atom. The van der Waals surface area contributed by atoms with E-state index in [4.69, 9.17) is 0 Å². The van der Waals surface area contributed by atoms with Gasteiger partial charge in [0, 0.05) is 6.04 Å². The summed E-state index contributed by atoms with van der Waals surface area (Å²) in [6, 6.07) is 6.21. The molecule has 0 spiro atoms. The van der Waals surface area contributed by atoms with E-state index < -0.39 is 0 Å². The van der Waals surface area contributed by atoms with Crippen molar-refractivity contribution in [2.75, 3.05) is 5.75 Å². The molecular formula is C16H23N5OS. The second kappa shape index (κ2) is 8.10. The van der Waals surface area contributed by atoms with Gasteiger partial charge in [0.05, 0.1) is 11.4 Å². The molecule has 1 aromatic heterocycles. The predicted molar refractivity (Wildman–Crippen MR) is 91.9 cm³/mol. The zero-order chi connectivity index (χ0) is 16.8. The molecule has 0 saturated carbocycles. The van der Waals surface area contributed by atoms with Crippen LogP contribution in [-0.4, -0.2) is 37.9 Å². The van der Waals surface area contributed by atoms with Crippen LogP contribution in [0.1, 0.15) is 37.8 Å². The van der Waals surface area contributed by atoms with Crippen LogP contribution in [0.3, 0.4) is 0 Å². The fourth-order valence-electron chi connectivity index (χ4n) is 2.34. The highest BCUT2D eigenvalue weighted by atomic mass is 32.2. The third-order valence-corrected chi connectivity index (χ3v) is 4.63. The number of hydrogen-bond acceptors (Lipinski definition) is 5. The number of aromatic nitrogens is 4. The molecule has 1 amide bonds. The van der Waals surface area contributed by atoms with E-state index in [0.29, 0.717) is 10.9 Å². The maximum Gasteiger partial charge on any atom is 0.230 e. The summed E-state index contributed by atoms with van der Waals surface area (Å²) in [5, 5.41) is 15.5. The first kappa shape index (κ1) is 17.5. The van der Waals surface area contributed by atoms with Crippen LogP contribution in [-0.2, 0) is 4.79 Å². The smallest absolute Gasteiger partial charge is 0.230 e. The highest BCUT2D eigenvalue weighted by molar-refractivity contribution is 7.99.